The van der Waals surface area contributed by atoms with Crippen molar-refractivity contribution in [3.05, 3.63) is 5.32 Å². The predicted octanol–water partition coefficient (Wildman–Crippen LogP) is 2.25. The summed E-state index contributed by atoms with van der Waals surface area (Å²) in [5.74, 6) is 0. The zero-order chi connectivity index (χ0) is 8.81. The van der Waals surface area contributed by atoms with Crippen LogP contribution >= 0.6 is 0 Å². The van der Waals surface area contributed by atoms with Crippen LogP contribution in [0.1, 0.15) is 32.6 Å². The molecule has 0 aromatic carbocycles. The molecule has 1 aliphatic heterocycles. The molecule has 72 valence electrons. The Morgan fingerprint density at radius 1 is 1.42 bits per heavy atom. The smallest absolute Gasteiger partial charge is 0.00669 e. The molecule has 12 heavy (non-hydrogen) atoms. The second kappa shape index (κ2) is 5.55. The molecule has 0 spiro atoms. The molecule has 2 heteroatoms. The van der Waals surface area contributed by atoms with Gasteiger partial charge in [0.15, 0.2) is 0 Å². The second-order valence-electron chi connectivity index (χ2n) is 3.77. The van der Waals surface area contributed by atoms with Crippen LogP contribution in [-0.4, -0.2) is 37.6 Å². The van der Waals surface area contributed by atoms with Gasteiger partial charge in [0.25, 0.3) is 0 Å². The van der Waals surface area contributed by atoms with Crippen LogP contribution < -0.4 is 0 Å². The van der Waals surface area contributed by atoms with Gasteiger partial charge >= 0.3 is 0 Å². The monoisotopic (exact) mass is 169 g/mol. The molecule has 0 radical (unpaired) electrons. The first kappa shape index (κ1) is 10.0. The molecule has 1 aliphatic rings. The van der Waals surface area contributed by atoms with Gasteiger partial charge in [-0.05, 0) is 32.9 Å². The average molecular weight is 169 g/mol. The number of hydrogen-bond donors (Lipinski definition) is 0. The summed E-state index contributed by atoms with van der Waals surface area (Å²) < 4.78 is 0. The van der Waals surface area contributed by atoms with Crippen LogP contribution in [0.2, 0.25) is 0 Å². The van der Waals surface area contributed by atoms with E-state index in [1.165, 1.54) is 38.8 Å². The maximum absolute atomic E-state index is 4.12. The summed E-state index contributed by atoms with van der Waals surface area (Å²) in [6.45, 7) is 5.94. The largest absolute Gasteiger partial charge is 0.665 e. The molecule has 0 aromatic heterocycles. The van der Waals surface area contributed by atoms with Crippen molar-refractivity contribution >= 4 is 0 Å². The van der Waals surface area contributed by atoms with Crippen LogP contribution in [0.5, 0.6) is 0 Å². The molecule has 0 amide bonds. The molecule has 1 fully saturated rings. The Morgan fingerprint density at radius 2 is 2.25 bits per heavy atom. The van der Waals surface area contributed by atoms with Gasteiger partial charge in [-0.15, -0.1) is 6.54 Å². The topological polar surface area (TPSA) is 17.3 Å². The van der Waals surface area contributed by atoms with Crippen LogP contribution in [0.25, 0.3) is 5.32 Å². The van der Waals surface area contributed by atoms with Crippen molar-refractivity contribution in [3.63, 3.8) is 0 Å². The van der Waals surface area contributed by atoms with E-state index < -0.39 is 0 Å². The van der Waals surface area contributed by atoms with E-state index >= 15 is 0 Å². The van der Waals surface area contributed by atoms with Crippen molar-refractivity contribution < 1.29 is 0 Å². The molecule has 0 saturated carbocycles. The Hall–Kier alpha value is -0.0800. The number of piperidine rings is 1. The lowest BCUT2D eigenvalue weighted by Crippen LogP contribution is -2.38. The first-order valence-corrected chi connectivity index (χ1v) is 5.14. The van der Waals surface area contributed by atoms with E-state index in [4.69, 9.17) is 0 Å². The highest BCUT2D eigenvalue weighted by atomic mass is 15.2. The minimum absolute atomic E-state index is 0.815. The Balaban J connectivity index is 2.11. The molecule has 0 aliphatic carbocycles. The summed E-state index contributed by atoms with van der Waals surface area (Å²) in [4.78, 5) is 2.61. The van der Waals surface area contributed by atoms with Gasteiger partial charge in [0, 0.05) is 6.04 Å². The second-order valence-corrected chi connectivity index (χ2v) is 3.77. The summed E-state index contributed by atoms with van der Waals surface area (Å²) >= 11 is 0. The third-order valence-electron chi connectivity index (χ3n) is 2.77. The fourth-order valence-corrected chi connectivity index (χ4v) is 1.92. The average Bonchev–Trinajstić information content (AvgIpc) is 2.09. The number of nitrogens with zero attached hydrogens (tertiary/aromatic N) is 2. The highest BCUT2D eigenvalue weighted by molar-refractivity contribution is 4.76. The van der Waals surface area contributed by atoms with E-state index in [0.717, 1.165) is 12.6 Å². The first-order chi connectivity index (χ1) is 5.84. The lowest BCUT2D eigenvalue weighted by Gasteiger charge is -2.33. The minimum Gasteiger partial charge on any atom is -0.665 e. The first-order valence-electron chi connectivity index (χ1n) is 5.14. The zero-order valence-corrected chi connectivity index (χ0v) is 8.42. The summed E-state index contributed by atoms with van der Waals surface area (Å²) in [6.07, 6.45) is 5.45. The van der Waals surface area contributed by atoms with Gasteiger partial charge in [-0.3, -0.25) is 0 Å². The number of hydrogen-bond acceptors (Lipinski definition) is 1. The van der Waals surface area contributed by atoms with Crippen molar-refractivity contribution in [3.8, 4) is 0 Å². The SMILES string of the molecule is C[N-]CCCN1CCCCC1C. The summed E-state index contributed by atoms with van der Waals surface area (Å²) in [6, 6.07) is 0.815. The normalized spacial score (nSPS) is 26.0. The Morgan fingerprint density at radius 3 is 2.92 bits per heavy atom. The van der Waals surface area contributed by atoms with Crippen molar-refractivity contribution in [2.24, 2.45) is 0 Å². The van der Waals surface area contributed by atoms with Gasteiger partial charge in [0.1, 0.15) is 0 Å². The van der Waals surface area contributed by atoms with Crippen LogP contribution in [0.15, 0.2) is 0 Å². The molecule has 0 aromatic rings. The van der Waals surface area contributed by atoms with Crippen LogP contribution in [0.4, 0.5) is 0 Å². The van der Waals surface area contributed by atoms with Gasteiger partial charge in [-0.2, -0.15) is 7.05 Å². The van der Waals surface area contributed by atoms with Gasteiger partial charge in [0.05, 0.1) is 0 Å². The lowest BCUT2D eigenvalue weighted by molar-refractivity contribution is 0.160. The number of rotatable bonds is 4. The summed E-state index contributed by atoms with van der Waals surface area (Å²) in [5.41, 5.74) is 0. The van der Waals surface area contributed by atoms with Crippen LogP contribution in [0, 0.1) is 0 Å². The van der Waals surface area contributed by atoms with Crippen LogP contribution in [-0.2, 0) is 0 Å². The van der Waals surface area contributed by atoms with Gasteiger partial charge in [0.2, 0.25) is 0 Å². The highest BCUT2D eigenvalue weighted by Crippen LogP contribution is 2.16. The third kappa shape index (κ3) is 3.11. The van der Waals surface area contributed by atoms with Crippen molar-refractivity contribution in [2.75, 3.05) is 26.7 Å². The fraction of sp³-hybridized carbons (Fsp3) is 1.00. The van der Waals surface area contributed by atoms with E-state index in [1.54, 1.807) is 0 Å². The minimum atomic E-state index is 0.815. The van der Waals surface area contributed by atoms with Gasteiger partial charge in [-0.1, -0.05) is 12.8 Å². The highest BCUT2D eigenvalue weighted by Gasteiger charge is 2.16. The molecule has 1 rings (SSSR count). The maximum Gasteiger partial charge on any atom is 0.00669 e. The molecule has 1 atom stereocenters. The zero-order valence-electron chi connectivity index (χ0n) is 8.42. The third-order valence-corrected chi connectivity index (χ3v) is 2.77. The lowest BCUT2D eigenvalue weighted by atomic mass is 10.0. The molecular formula is C10H21N2-. The van der Waals surface area contributed by atoms with Crippen molar-refractivity contribution in [2.45, 2.75) is 38.6 Å². The number of likely N-dealkylation sites (tertiary alicyclic amines) is 1. The molecule has 2 nitrogen and oxygen atoms in total. The van der Waals surface area contributed by atoms with E-state index in [9.17, 15) is 0 Å². The quantitative estimate of drug-likeness (QED) is 0.590. The van der Waals surface area contributed by atoms with E-state index in [-0.39, 0.29) is 0 Å². The Labute approximate surface area is 76.3 Å². The molecular weight excluding hydrogens is 148 g/mol. The van der Waals surface area contributed by atoms with E-state index in [0.29, 0.717) is 0 Å². The van der Waals surface area contributed by atoms with E-state index in [1.807, 2.05) is 7.05 Å². The molecule has 0 N–H and O–H groups in total. The Kier molecular flexibility index (Phi) is 4.62. The molecule has 1 saturated heterocycles. The summed E-state index contributed by atoms with van der Waals surface area (Å²) in [7, 11) is 1.90. The van der Waals surface area contributed by atoms with Crippen LogP contribution in [0.3, 0.4) is 0 Å². The van der Waals surface area contributed by atoms with Crippen molar-refractivity contribution in [1.82, 2.24) is 4.90 Å². The standard InChI is InChI=1S/C10H21N2/c1-10-6-3-4-8-12(10)9-5-7-11-2/h10H,3-9H2,1-2H3/q-1. The Bertz CT molecular complexity index is 114. The molecule has 0 bridgehead atoms. The van der Waals surface area contributed by atoms with Crippen molar-refractivity contribution in [1.29, 1.82) is 0 Å². The fourth-order valence-electron chi connectivity index (χ4n) is 1.92. The maximum atomic E-state index is 4.12. The van der Waals surface area contributed by atoms with Gasteiger partial charge < -0.3 is 10.2 Å². The molecule has 1 unspecified atom stereocenters. The van der Waals surface area contributed by atoms with E-state index in [2.05, 4.69) is 17.1 Å². The predicted molar refractivity (Wildman–Crippen MR) is 53.7 cm³/mol. The van der Waals surface area contributed by atoms with Gasteiger partial charge in [-0.25, -0.2) is 0 Å². The summed E-state index contributed by atoms with van der Waals surface area (Å²) in [5, 5.41) is 4.12. The molecule has 1 heterocycles.